The lowest BCUT2D eigenvalue weighted by molar-refractivity contribution is 0.301. The third kappa shape index (κ3) is 3.33. The maximum absolute atomic E-state index is 5.79. The van der Waals surface area contributed by atoms with Crippen LogP contribution >= 0.6 is 11.3 Å². The van der Waals surface area contributed by atoms with E-state index in [4.69, 9.17) is 4.74 Å². The molecule has 0 radical (unpaired) electrons. The van der Waals surface area contributed by atoms with Crippen molar-refractivity contribution in [2.75, 3.05) is 0 Å². The predicted molar refractivity (Wildman–Crippen MR) is 76.5 cm³/mol. The van der Waals surface area contributed by atoms with Crippen LogP contribution < -0.4 is 4.74 Å². The van der Waals surface area contributed by atoms with Crippen molar-refractivity contribution >= 4 is 11.3 Å². The third-order valence-corrected chi connectivity index (χ3v) is 3.84. The zero-order valence-corrected chi connectivity index (χ0v) is 12.2. The Hall–Kier alpha value is -1.35. The monoisotopic (exact) mass is 261 g/mol. The molecule has 0 unspecified atom stereocenters. The van der Waals surface area contributed by atoms with Crippen LogP contribution in [0.15, 0.2) is 23.6 Å². The van der Waals surface area contributed by atoms with E-state index in [1.54, 1.807) is 11.3 Å². The van der Waals surface area contributed by atoms with E-state index in [0.717, 1.165) is 11.4 Å². The van der Waals surface area contributed by atoms with E-state index < -0.39 is 0 Å². The second-order valence-corrected chi connectivity index (χ2v) is 5.83. The zero-order chi connectivity index (χ0) is 13.1. The number of benzene rings is 1. The van der Waals surface area contributed by atoms with E-state index in [2.05, 4.69) is 56.3 Å². The molecule has 0 spiro atoms. The van der Waals surface area contributed by atoms with Gasteiger partial charge in [-0.15, -0.1) is 11.3 Å². The molecule has 1 heterocycles. The van der Waals surface area contributed by atoms with E-state index >= 15 is 0 Å². The summed E-state index contributed by atoms with van der Waals surface area (Å²) in [5, 5.41) is 3.26. The van der Waals surface area contributed by atoms with Gasteiger partial charge in [-0.05, 0) is 37.1 Å². The van der Waals surface area contributed by atoms with Gasteiger partial charge in [0.1, 0.15) is 12.4 Å². The Morgan fingerprint density at radius 3 is 2.39 bits per heavy atom. The summed E-state index contributed by atoms with van der Waals surface area (Å²) in [6, 6.07) is 6.26. The second-order valence-electron chi connectivity index (χ2n) is 4.94. The first kappa shape index (κ1) is 13.1. The number of hydrogen-bond donors (Lipinski definition) is 0. The molecular formula is C15H19NOS. The number of hydrogen-bond acceptors (Lipinski definition) is 3. The first-order valence-corrected chi connectivity index (χ1v) is 7.08. The minimum Gasteiger partial charge on any atom is -0.487 e. The summed E-state index contributed by atoms with van der Waals surface area (Å²) in [5.74, 6) is 1.41. The van der Waals surface area contributed by atoms with Crippen LogP contribution in [0.2, 0.25) is 0 Å². The molecule has 2 rings (SSSR count). The van der Waals surface area contributed by atoms with Crippen LogP contribution in [-0.2, 0) is 6.61 Å². The minimum atomic E-state index is 0.491. The summed E-state index contributed by atoms with van der Waals surface area (Å²) >= 11 is 1.71. The normalized spacial score (nSPS) is 10.9. The Bertz CT molecular complexity index is 511. The molecule has 0 fully saturated rings. The molecular weight excluding hydrogens is 242 g/mol. The van der Waals surface area contributed by atoms with Crippen molar-refractivity contribution < 1.29 is 4.74 Å². The van der Waals surface area contributed by atoms with E-state index in [1.807, 2.05) is 0 Å². The molecule has 0 amide bonds. The molecule has 1 aromatic carbocycles. The van der Waals surface area contributed by atoms with Gasteiger partial charge in [-0.25, -0.2) is 4.98 Å². The van der Waals surface area contributed by atoms with Crippen LogP contribution in [0.25, 0.3) is 0 Å². The Balaban J connectivity index is 2.02. The highest BCUT2D eigenvalue weighted by molar-refractivity contribution is 7.09. The van der Waals surface area contributed by atoms with Crippen molar-refractivity contribution in [1.82, 2.24) is 4.98 Å². The van der Waals surface area contributed by atoms with Crippen LogP contribution in [0, 0.1) is 13.8 Å². The molecule has 1 aromatic heterocycles. The maximum atomic E-state index is 5.79. The van der Waals surface area contributed by atoms with Gasteiger partial charge < -0.3 is 4.74 Å². The number of aryl methyl sites for hydroxylation is 2. The molecule has 2 aromatic rings. The van der Waals surface area contributed by atoms with Gasteiger partial charge in [0.2, 0.25) is 0 Å². The second kappa shape index (κ2) is 5.53. The van der Waals surface area contributed by atoms with Crippen LogP contribution in [0.5, 0.6) is 5.75 Å². The minimum absolute atomic E-state index is 0.491. The molecule has 2 nitrogen and oxygen atoms in total. The standard InChI is InChI=1S/C15H19NOS/c1-10(2)15-16-13(9-18-15)8-17-14-6-11(3)5-12(4)7-14/h5-7,9-10H,8H2,1-4H3. The third-order valence-electron chi connectivity index (χ3n) is 2.65. The summed E-state index contributed by atoms with van der Waals surface area (Å²) in [7, 11) is 0. The Morgan fingerprint density at radius 2 is 1.83 bits per heavy atom. The van der Waals surface area contributed by atoms with Gasteiger partial charge in [0.15, 0.2) is 0 Å². The fraction of sp³-hybridized carbons (Fsp3) is 0.400. The summed E-state index contributed by atoms with van der Waals surface area (Å²) in [6.45, 7) is 9.03. The van der Waals surface area contributed by atoms with Gasteiger partial charge in [-0.1, -0.05) is 19.9 Å². The van der Waals surface area contributed by atoms with Gasteiger partial charge >= 0.3 is 0 Å². The molecule has 18 heavy (non-hydrogen) atoms. The number of aromatic nitrogens is 1. The summed E-state index contributed by atoms with van der Waals surface area (Å²) in [4.78, 5) is 4.56. The van der Waals surface area contributed by atoms with Crippen molar-refractivity contribution in [1.29, 1.82) is 0 Å². The highest BCUT2D eigenvalue weighted by Crippen LogP contribution is 2.21. The zero-order valence-electron chi connectivity index (χ0n) is 11.4. The topological polar surface area (TPSA) is 22.1 Å². The first-order valence-electron chi connectivity index (χ1n) is 6.20. The quantitative estimate of drug-likeness (QED) is 0.810. The SMILES string of the molecule is Cc1cc(C)cc(OCc2csc(C(C)C)n2)c1. The van der Waals surface area contributed by atoms with E-state index in [1.165, 1.54) is 16.1 Å². The molecule has 0 aliphatic carbocycles. The number of ether oxygens (including phenoxy) is 1. The maximum Gasteiger partial charge on any atom is 0.131 e. The van der Waals surface area contributed by atoms with Crippen molar-refractivity contribution in [2.45, 2.75) is 40.2 Å². The smallest absolute Gasteiger partial charge is 0.131 e. The number of rotatable bonds is 4. The molecule has 0 aliphatic heterocycles. The average Bonchev–Trinajstić information content (AvgIpc) is 2.73. The van der Waals surface area contributed by atoms with Crippen molar-refractivity contribution in [3.8, 4) is 5.75 Å². The van der Waals surface area contributed by atoms with Gasteiger partial charge in [0.25, 0.3) is 0 Å². The molecule has 0 aliphatic rings. The van der Waals surface area contributed by atoms with Gasteiger partial charge in [0, 0.05) is 11.3 Å². The van der Waals surface area contributed by atoms with Crippen molar-refractivity contribution in [3.05, 3.63) is 45.4 Å². The fourth-order valence-electron chi connectivity index (χ4n) is 1.83. The molecule has 3 heteroatoms. The van der Waals surface area contributed by atoms with Gasteiger partial charge in [-0.2, -0.15) is 0 Å². The van der Waals surface area contributed by atoms with Crippen LogP contribution in [0.4, 0.5) is 0 Å². The molecule has 0 N–H and O–H groups in total. The highest BCUT2D eigenvalue weighted by Gasteiger charge is 2.06. The van der Waals surface area contributed by atoms with Crippen molar-refractivity contribution in [2.24, 2.45) is 0 Å². The molecule has 0 bridgehead atoms. The Labute approximate surface area is 113 Å². The lowest BCUT2D eigenvalue weighted by Crippen LogP contribution is -1.97. The molecule has 0 atom stereocenters. The predicted octanol–water partition coefficient (Wildman–Crippen LogP) is 4.46. The lowest BCUT2D eigenvalue weighted by Gasteiger charge is -2.06. The van der Waals surface area contributed by atoms with E-state index in [9.17, 15) is 0 Å². The fourth-order valence-corrected chi connectivity index (χ4v) is 2.65. The van der Waals surface area contributed by atoms with Gasteiger partial charge in [-0.3, -0.25) is 0 Å². The molecule has 0 saturated carbocycles. The van der Waals surface area contributed by atoms with E-state index in [0.29, 0.717) is 12.5 Å². The van der Waals surface area contributed by atoms with Crippen LogP contribution in [-0.4, -0.2) is 4.98 Å². The lowest BCUT2D eigenvalue weighted by atomic mass is 10.1. The average molecular weight is 261 g/mol. The van der Waals surface area contributed by atoms with E-state index in [-0.39, 0.29) is 0 Å². The largest absolute Gasteiger partial charge is 0.487 e. The summed E-state index contributed by atoms with van der Waals surface area (Å²) < 4.78 is 5.79. The van der Waals surface area contributed by atoms with Crippen molar-refractivity contribution in [3.63, 3.8) is 0 Å². The van der Waals surface area contributed by atoms with Crippen LogP contribution in [0.1, 0.15) is 41.6 Å². The molecule has 0 saturated heterocycles. The molecule has 96 valence electrons. The number of nitrogens with zero attached hydrogens (tertiary/aromatic N) is 1. The van der Waals surface area contributed by atoms with Gasteiger partial charge in [0.05, 0.1) is 10.7 Å². The Kier molecular flexibility index (Phi) is 4.02. The highest BCUT2D eigenvalue weighted by atomic mass is 32.1. The first-order chi connectivity index (χ1) is 8.54. The number of thiazole rings is 1. The summed E-state index contributed by atoms with van der Waals surface area (Å²) in [5.41, 5.74) is 3.47. The summed E-state index contributed by atoms with van der Waals surface area (Å²) in [6.07, 6.45) is 0. The Morgan fingerprint density at radius 1 is 1.17 bits per heavy atom. The van der Waals surface area contributed by atoms with Crippen LogP contribution in [0.3, 0.4) is 0 Å².